The maximum atomic E-state index is 12.6. The molecule has 4 rings (SSSR count). The van der Waals surface area contributed by atoms with E-state index in [0.717, 1.165) is 5.75 Å². The summed E-state index contributed by atoms with van der Waals surface area (Å²) < 4.78 is 8.90. The molecule has 9 nitrogen and oxygen atoms in total. The molecular formula is C26H28N6O3. The van der Waals surface area contributed by atoms with Gasteiger partial charge in [-0.1, -0.05) is 32.9 Å². The number of nitrogens with zero attached hydrogens (tertiary/aromatic N) is 4. The van der Waals surface area contributed by atoms with Gasteiger partial charge in [0.05, 0.1) is 0 Å². The number of hydrogen-bond acceptors (Lipinski definition) is 5. The molecule has 4 aromatic rings. The average molecular weight is 473 g/mol. The Morgan fingerprint density at radius 1 is 0.800 bits per heavy atom. The van der Waals surface area contributed by atoms with Crippen LogP contribution in [-0.4, -0.2) is 31.4 Å². The lowest BCUT2D eigenvalue weighted by Crippen LogP contribution is -2.15. The fourth-order valence-corrected chi connectivity index (χ4v) is 3.31. The van der Waals surface area contributed by atoms with Crippen LogP contribution in [0.3, 0.4) is 0 Å². The molecule has 35 heavy (non-hydrogen) atoms. The summed E-state index contributed by atoms with van der Waals surface area (Å²) in [5.41, 5.74) is 3.07. The second-order valence-corrected chi connectivity index (χ2v) is 9.15. The molecular weight excluding hydrogens is 444 g/mol. The van der Waals surface area contributed by atoms with E-state index in [1.54, 1.807) is 65.2 Å². The molecule has 0 atom stereocenters. The first kappa shape index (κ1) is 23.7. The lowest BCUT2D eigenvalue weighted by molar-refractivity contribution is 0.101. The third kappa shape index (κ3) is 6.14. The van der Waals surface area contributed by atoms with Crippen molar-refractivity contribution in [3.8, 4) is 5.75 Å². The third-order valence-corrected chi connectivity index (χ3v) is 5.30. The van der Waals surface area contributed by atoms with E-state index in [-0.39, 0.29) is 29.7 Å². The van der Waals surface area contributed by atoms with Crippen LogP contribution in [0, 0.1) is 0 Å². The lowest BCUT2D eigenvalue weighted by atomic mass is 9.87. The summed E-state index contributed by atoms with van der Waals surface area (Å²) in [6.07, 6.45) is 3.39. The molecule has 2 N–H and O–H groups in total. The first-order valence-corrected chi connectivity index (χ1v) is 11.2. The summed E-state index contributed by atoms with van der Waals surface area (Å²) in [5.74, 6) is 0.0820. The minimum Gasteiger partial charge on any atom is -0.471 e. The number of nitrogens with one attached hydrogen (secondary N) is 2. The molecule has 0 radical (unpaired) electrons. The van der Waals surface area contributed by atoms with Crippen molar-refractivity contribution in [3.63, 3.8) is 0 Å². The molecule has 0 saturated heterocycles. The molecule has 2 aromatic carbocycles. The number of ether oxygens (including phenoxy) is 1. The van der Waals surface area contributed by atoms with E-state index in [1.165, 1.54) is 5.56 Å². The zero-order valence-electron chi connectivity index (χ0n) is 20.1. The van der Waals surface area contributed by atoms with Crippen LogP contribution in [0.2, 0.25) is 0 Å². The van der Waals surface area contributed by atoms with Gasteiger partial charge < -0.3 is 15.4 Å². The van der Waals surface area contributed by atoms with E-state index in [1.807, 2.05) is 24.3 Å². The van der Waals surface area contributed by atoms with Crippen molar-refractivity contribution < 1.29 is 14.3 Å². The molecule has 0 aliphatic rings. The molecule has 2 amide bonds. The van der Waals surface area contributed by atoms with Gasteiger partial charge in [-0.15, -0.1) is 0 Å². The Labute approximate surface area is 203 Å². The standard InChI is InChI=1S/C26H28N6O3/c1-26(2,3)18-5-11-21(12-6-18)35-17-32-16-14-23(30-32)25(34)28-20-9-7-19(8-10-20)27-24(33)22-13-15-31(4)29-22/h5-16H,17H2,1-4H3,(H,27,33)(H,28,34). The monoisotopic (exact) mass is 472 g/mol. The number of benzene rings is 2. The molecule has 2 heterocycles. The van der Waals surface area contributed by atoms with Gasteiger partial charge in [-0.2, -0.15) is 10.2 Å². The maximum absolute atomic E-state index is 12.6. The summed E-state index contributed by atoms with van der Waals surface area (Å²) in [4.78, 5) is 24.8. The highest BCUT2D eigenvalue weighted by Gasteiger charge is 2.14. The minimum atomic E-state index is -0.344. The summed E-state index contributed by atoms with van der Waals surface area (Å²) in [7, 11) is 1.75. The Morgan fingerprint density at radius 3 is 1.86 bits per heavy atom. The molecule has 2 aromatic heterocycles. The van der Waals surface area contributed by atoms with Crippen LogP contribution in [0.25, 0.3) is 0 Å². The molecule has 0 spiro atoms. The van der Waals surface area contributed by atoms with Gasteiger partial charge in [0.25, 0.3) is 11.8 Å². The number of carbonyl (C=O) groups excluding carboxylic acids is 2. The number of aromatic nitrogens is 4. The van der Waals surface area contributed by atoms with Crippen molar-refractivity contribution in [2.24, 2.45) is 7.05 Å². The Morgan fingerprint density at radius 2 is 1.34 bits per heavy atom. The van der Waals surface area contributed by atoms with Gasteiger partial charge in [0.15, 0.2) is 18.1 Å². The fourth-order valence-electron chi connectivity index (χ4n) is 3.31. The molecule has 0 unspecified atom stereocenters. The first-order chi connectivity index (χ1) is 16.7. The largest absolute Gasteiger partial charge is 0.471 e. The van der Waals surface area contributed by atoms with Crippen molar-refractivity contribution in [2.45, 2.75) is 32.9 Å². The Bertz CT molecular complexity index is 1310. The highest BCUT2D eigenvalue weighted by Crippen LogP contribution is 2.24. The quantitative estimate of drug-likeness (QED) is 0.414. The van der Waals surface area contributed by atoms with Crippen molar-refractivity contribution >= 4 is 23.2 Å². The van der Waals surface area contributed by atoms with Crippen LogP contribution in [0.4, 0.5) is 11.4 Å². The fraction of sp³-hybridized carbons (Fsp3) is 0.231. The number of rotatable bonds is 7. The highest BCUT2D eigenvalue weighted by atomic mass is 16.5. The molecule has 0 fully saturated rings. The number of amides is 2. The van der Waals surface area contributed by atoms with E-state index < -0.39 is 0 Å². The predicted octanol–water partition coefficient (Wildman–Crippen LogP) is 4.46. The molecule has 9 heteroatoms. The van der Waals surface area contributed by atoms with Crippen LogP contribution < -0.4 is 15.4 Å². The van der Waals surface area contributed by atoms with Gasteiger partial charge in [0.1, 0.15) is 5.75 Å². The van der Waals surface area contributed by atoms with E-state index in [0.29, 0.717) is 17.1 Å². The molecule has 0 aliphatic heterocycles. The number of aryl methyl sites for hydroxylation is 1. The van der Waals surface area contributed by atoms with Crippen LogP contribution >= 0.6 is 0 Å². The lowest BCUT2D eigenvalue weighted by Gasteiger charge is -2.19. The Hall–Kier alpha value is -4.40. The van der Waals surface area contributed by atoms with Crippen molar-refractivity contribution in [2.75, 3.05) is 10.6 Å². The summed E-state index contributed by atoms with van der Waals surface area (Å²) >= 11 is 0. The van der Waals surface area contributed by atoms with E-state index in [9.17, 15) is 9.59 Å². The Kier molecular flexibility index (Phi) is 6.68. The van der Waals surface area contributed by atoms with Crippen molar-refractivity contribution in [1.29, 1.82) is 0 Å². The van der Waals surface area contributed by atoms with Gasteiger partial charge in [-0.05, 0) is 59.5 Å². The predicted molar refractivity (Wildman–Crippen MR) is 134 cm³/mol. The minimum absolute atomic E-state index is 0.0800. The van der Waals surface area contributed by atoms with Crippen molar-refractivity contribution in [3.05, 3.63) is 90.0 Å². The van der Waals surface area contributed by atoms with E-state index in [4.69, 9.17) is 4.74 Å². The molecule has 0 bridgehead atoms. The number of hydrogen-bond donors (Lipinski definition) is 2. The smallest absolute Gasteiger partial charge is 0.276 e. The number of anilines is 2. The van der Waals surface area contributed by atoms with Crippen molar-refractivity contribution in [1.82, 2.24) is 19.6 Å². The second-order valence-electron chi connectivity index (χ2n) is 9.15. The average Bonchev–Trinajstić information content (AvgIpc) is 3.48. The Balaban J connectivity index is 1.29. The van der Waals surface area contributed by atoms with Crippen LogP contribution in [-0.2, 0) is 19.2 Å². The second kappa shape index (κ2) is 9.84. The van der Waals surface area contributed by atoms with Crippen LogP contribution in [0.15, 0.2) is 73.1 Å². The summed E-state index contributed by atoms with van der Waals surface area (Å²) in [6.45, 7) is 6.67. The van der Waals surface area contributed by atoms with Gasteiger partial charge in [0, 0.05) is 30.8 Å². The summed E-state index contributed by atoms with van der Waals surface area (Å²) in [6, 6.07) is 18.0. The van der Waals surface area contributed by atoms with E-state index in [2.05, 4.69) is 41.6 Å². The van der Waals surface area contributed by atoms with Gasteiger partial charge in [0.2, 0.25) is 0 Å². The highest BCUT2D eigenvalue weighted by molar-refractivity contribution is 6.04. The topological polar surface area (TPSA) is 103 Å². The molecule has 180 valence electrons. The first-order valence-electron chi connectivity index (χ1n) is 11.2. The maximum Gasteiger partial charge on any atom is 0.276 e. The van der Waals surface area contributed by atoms with Gasteiger partial charge in [-0.25, -0.2) is 4.68 Å². The van der Waals surface area contributed by atoms with Gasteiger partial charge in [-0.3, -0.25) is 14.3 Å². The molecule has 0 saturated carbocycles. The normalized spacial score (nSPS) is 11.2. The summed E-state index contributed by atoms with van der Waals surface area (Å²) in [5, 5.41) is 13.9. The zero-order chi connectivity index (χ0) is 25.0. The van der Waals surface area contributed by atoms with E-state index >= 15 is 0 Å². The van der Waals surface area contributed by atoms with Crippen LogP contribution in [0.1, 0.15) is 47.3 Å². The zero-order valence-corrected chi connectivity index (χ0v) is 20.1. The van der Waals surface area contributed by atoms with Crippen LogP contribution in [0.5, 0.6) is 5.75 Å². The SMILES string of the molecule is Cn1ccc(C(=O)Nc2ccc(NC(=O)c3ccn(COc4ccc(C(C)(C)C)cc4)n3)cc2)n1. The third-order valence-electron chi connectivity index (χ3n) is 5.30. The number of carbonyl (C=O) groups is 2. The molecule has 0 aliphatic carbocycles. The van der Waals surface area contributed by atoms with Gasteiger partial charge >= 0.3 is 0 Å².